The first-order valence-corrected chi connectivity index (χ1v) is 5.94. The molecule has 2 N–H and O–H groups in total. The lowest BCUT2D eigenvalue weighted by atomic mass is 10.1. The van der Waals surface area contributed by atoms with E-state index in [1.54, 1.807) is 30.1 Å². The van der Waals surface area contributed by atoms with E-state index < -0.39 is 0 Å². The van der Waals surface area contributed by atoms with E-state index in [0.29, 0.717) is 12.1 Å². The van der Waals surface area contributed by atoms with Crippen LogP contribution in [0.5, 0.6) is 0 Å². The summed E-state index contributed by atoms with van der Waals surface area (Å²) in [4.78, 5) is 13.9. The summed E-state index contributed by atoms with van der Waals surface area (Å²) in [5.41, 5.74) is 6.89. The Balaban J connectivity index is 2.26. The van der Waals surface area contributed by atoms with Crippen molar-refractivity contribution in [3.63, 3.8) is 0 Å². The minimum Gasteiger partial charge on any atom is -0.338 e. The summed E-state index contributed by atoms with van der Waals surface area (Å²) >= 11 is 0. The number of likely N-dealkylation sites (N-methyl/N-ethyl adjacent to an activating group) is 1. The summed E-state index contributed by atoms with van der Waals surface area (Å²) in [6, 6.07) is 7.13. The van der Waals surface area contributed by atoms with E-state index in [0.717, 1.165) is 5.69 Å². The zero-order valence-corrected chi connectivity index (χ0v) is 10.9. The molecule has 7 nitrogen and oxygen atoms in total. The van der Waals surface area contributed by atoms with Gasteiger partial charge < -0.3 is 10.6 Å². The van der Waals surface area contributed by atoms with E-state index in [9.17, 15) is 4.79 Å². The Bertz CT molecular complexity index is 553. The van der Waals surface area contributed by atoms with Gasteiger partial charge in [-0.2, -0.15) is 0 Å². The monoisotopic (exact) mass is 260 g/mol. The molecule has 1 aromatic carbocycles. The van der Waals surface area contributed by atoms with Gasteiger partial charge in [0.2, 0.25) is 0 Å². The van der Waals surface area contributed by atoms with Gasteiger partial charge in [-0.25, -0.2) is 4.68 Å². The van der Waals surface area contributed by atoms with Gasteiger partial charge in [0, 0.05) is 25.2 Å². The molecule has 1 heterocycles. The number of nitrogens with zero attached hydrogens (tertiary/aromatic N) is 5. The molecule has 1 unspecified atom stereocenters. The fourth-order valence-electron chi connectivity index (χ4n) is 1.62. The zero-order chi connectivity index (χ0) is 13.8. The van der Waals surface area contributed by atoms with Crippen LogP contribution in [0.2, 0.25) is 0 Å². The van der Waals surface area contributed by atoms with Crippen LogP contribution in [-0.4, -0.2) is 50.6 Å². The Labute approximate surface area is 111 Å². The van der Waals surface area contributed by atoms with Crippen molar-refractivity contribution in [2.75, 3.05) is 13.6 Å². The molecule has 0 fully saturated rings. The third-order valence-electron chi connectivity index (χ3n) is 3.03. The maximum atomic E-state index is 12.3. The van der Waals surface area contributed by atoms with Crippen molar-refractivity contribution in [1.29, 1.82) is 0 Å². The van der Waals surface area contributed by atoms with Crippen LogP contribution in [0, 0.1) is 0 Å². The second kappa shape index (κ2) is 5.57. The summed E-state index contributed by atoms with van der Waals surface area (Å²) in [5, 5.41) is 10.9. The topological polar surface area (TPSA) is 89.9 Å². The molecule has 0 aliphatic rings. The maximum Gasteiger partial charge on any atom is 0.253 e. The van der Waals surface area contributed by atoms with Crippen molar-refractivity contribution in [3.8, 4) is 5.69 Å². The fraction of sp³-hybridized carbons (Fsp3) is 0.333. The highest BCUT2D eigenvalue weighted by Crippen LogP contribution is 2.11. The zero-order valence-electron chi connectivity index (χ0n) is 10.9. The highest BCUT2D eigenvalue weighted by molar-refractivity contribution is 5.94. The number of tetrazole rings is 1. The number of aromatic nitrogens is 4. The highest BCUT2D eigenvalue weighted by atomic mass is 16.2. The average Bonchev–Trinajstić information content (AvgIpc) is 2.99. The molecular weight excluding hydrogens is 244 g/mol. The lowest BCUT2D eigenvalue weighted by Crippen LogP contribution is -2.39. The van der Waals surface area contributed by atoms with Gasteiger partial charge >= 0.3 is 0 Å². The van der Waals surface area contributed by atoms with Crippen LogP contribution in [0.1, 0.15) is 17.3 Å². The van der Waals surface area contributed by atoms with Crippen molar-refractivity contribution in [1.82, 2.24) is 25.1 Å². The normalized spacial score (nSPS) is 12.2. The van der Waals surface area contributed by atoms with Crippen LogP contribution in [-0.2, 0) is 0 Å². The molecule has 0 saturated carbocycles. The highest BCUT2D eigenvalue weighted by Gasteiger charge is 2.16. The van der Waals surface area contributed by atoms with Crippen molar-refractivity contribution >= 4 is 5.91 Å². The van der Waals surface area contributed by atoms with Gasteiger partial charge in [-0.15, -0.1) is 5.10 Å². The first-order chi connectivity index (χ1) is 9.13. The van der Waals surface area contributed by atoms with Gasteiger partial charge in [0.15, 0.2) is 0 Å². The third kappa shape index (κ3) is 2.76. The van der Waals surface area contributed by atoms with Gasteiger partial charge in [-0.3, -0.25) is 4.79 Å². The van der Waals surface area contributed by atoms with Crippen molar-refractivity contribution < 1.29 is 4.79 Å². The quantitative estimate of drug-likeness (QED) is 0.841. The van der Waals surface area contributed by atoms with Gasteiger partial charge in [0.05, 0.1) is 5.69 Å². The molecule has 2 rings (SSSR count). The van der Waals surface area contributed by atoms with Crippen molar-refractivity contribution in [3.05, 3.63) is 36.2 Å². The Hall–Kier alpha value is -2.28. The van der Waals surface area contributed by atoms with E-state index in [2.05, 4.69) is 15.5 Å². The van der Waals surface area contributed by atoms with E-state index in [1.165, 1.54) is 11.0 Å². The molecule has 0 aliphatic heterocycles. The smallest absolute Gasteiger partial charge is 0.253 e. The Kier molecular flexibility index (Phi) is 3.86. The van der Waals surface area contributed by atoms with Crippen LogP contribution in [0.3, 0.4) is 0 Å². The predicted octanol–water partition coefficient (Wildman–Crippen LogP) is 0.0815. The number of benzene rings is 1. The maximum absolute atomic E-state index is 12.3. The molecule has 19 heavy (non-hydrogen) atoms. The largest absolute Gasteiger partial charge is 0.338 e. The second-order valence-corrected chi connectivity index (χ2v) is 4.31. The molecule has 7 heteroatoms. The predicted molar refractivity (Wildman–Crippen MR) is 69.8 cm³/mol. The number of hydrogen-bond acceptors (Lipinski definition) is 5. The van der Waals surface area contributed by atoms with Crippen LogP contribution in [0.15, 0.2) is 30.6 Å². The molecule has 0 saturated heterocycles. The minimum absolute atomic E-state index is 0.0100. The summed E-state index contributed by atoms with van der Waals surface area (Å²) in [6.45, 7) is 2.33. The Morgan fingerprint density at radius 2 is 2.32 bits per heavy atom. The summed E-state index contributed by atoms with van der Waals surface area (Å²) in [6.07, 6.45) is 1.48. The van der Waals surface area contributed by atoms with E-state index >= 15 is 0 Å². The van der Waals surface area contributed by atoms with Gasteiger partial charge in [0.1, 0.15) is 6.33 Å². The van der Waals surface area contributed by atoms with Crippen molar-refractivity contribution in [2.45, 2.75) is 13.0 Å². The standard InChI is InChI=1S/C12H16N6O/c1-9(7-13)17(2)12(19)10-4-3-5-11(6-10)18-8-14-15-16-18/h3-6,8-9H,7,13H2,1-2H3. The van der Waals surface area contributed by atoms with Crippen LogP contribution < -0.4 is 5.73 Å². The first-order valence-electron chi connectivity index (χ1n) is 5.94. The second-order valence-electron chi connectivity index (χ2n) is 4.31. The molecule has 0 radical (unpaired) electrons. The molecule has 1 aromatic heterocycles. The Morgan fingerprint density at radius 1 is 1.53 bits per heavy atom. The van der Waals surface area contributed by atoms with Gasteiger partial charge in [0.25, 0.3) is 5.91 Å². The molecule has 100 valence electrons. The number of nitrogens with two attached hydrogens (primary N) is 1. The molecule has 1 amide bonds. The first kappa shape index (κ1) is 13.2. The SMILES string of the molecule is CC(CN)N(C)C(=O)c1cccc(-n2cnnn2)c1. The van der Waals surface area contributed by atoms with E-state index in [4.69, 9.17) is 5.73 Å². The number of carbonyl (C=O) groups excluding carboxylic acids is 1. The average molecular weight is 260 g/mol. The molecular formula is C12H16N6O. The molecule has 0 bridgehead atoms. The van der Waals surface area contributed by atoms with Gasteiger partial charge in [-0.1, -0.05) is 6.07 Å². The van der Waals surface area contributed by atoms with E-state index in [1.807, 2.05) is 13.0 Å². The number of amides is 1. The molecule has 0 aliphatic carbocycles. The lowest BCUT2D eigenvalue weighted by molar-refractivity contribution is 0.0748. The van der Waals surface area contributed by atoms with Gasteiger partial charge in [-0.05, 0) is 35.5 Å². The van der Waals surface area contributed by atoms with Crippen molar-refractivity contribution in [2.24, 2.45) is 5.73 Å². The van der Waals surface area contributed by atoms with Crippen LogP contribution in [0.4, 0.5) is 0 Å². The summed E-state index contributed by atoms with van der Waals surface area (Å²) in [5.74, 6) is -0.0760. The lowest BCUT2D eigenvalue weighted by Gasteiger charge is -2.23. The molecule has 2 aromatic rings. The molecule has 1 atom stereocenters. The summed E-state index contributed by atoms with van der Waals surface area (Å²) in [7, 11) is 1.74. The third-order valence-corrected chi connectivity index (χ3v) is 3.03. The molecule has 0 spiro atoms. The number of carbonyl (C=O) groups is 1. The summed E-state index contributed by atoms with van der Waals surface area (Å²) < 4.78 is 1.50. The Morgan fingerprint density at radius 3 is 2.95 bits per heavy atom. The van der Waals surface area contributed by atoms with Crippen LogP contribution in [0.25, 0.3) is 5.69 Å². The fourth-order valence-corrected chi connectivity index (χ4v) is 1.62. The number of rotatable bonds is 4. The van der Waals surface area contributed by atoms with E-state index in [-0.39, 0.29) is 11.9 Å². The minimum atomic E-state index is -0.0760. The number of hydrogen-bond donors (Lipinski definition) is 1. The van der Waals surface area contributed by atoms with Crippen LogP contribution >= 0.6 is 0 Å².